The van der Waals surface area contributed by atoms with E-state index in [1.165, 1.54) is 0 Å². The minimum Gasteiger partial charge on any atom is -0.446 e. The molecule has 0 saturated carbocycles. The van der Waals surface area contributed by atoms with E-state index in [1.807, 2.05) is 50.5 Å². The van der Waals surface area contributed by atoms with Crippen LogP contribution in [0.4, 0.5) is 17.5 Å². The van der Waals surface area contributed by atoms with Crippen molar-refractivity contribution in [1.29, 1.82) is 0 Å². The van der Waals surface area contributed by atoms with Crippen LogP contribution in [-0.4, -0.2) is 43.7 Å². The van der Waals surface area contributed by atoms with Crippen molar-refractivity contribution in [3.63, 3.8) is 0 Å². The zero-order valence-electron chi connectivity index (χ0n) is 17.1. The van der Waals surface area contributed by atoms with Crippen LogP contribution in [0.3, 0.4) is 0 Å². The summed E-state index contributed by atoms with van der Waals surface area (Å²) in [5, 5.41) is 10.5. The predicted molar refractivity (Wildman–Crippen MR) is 108 cm³/mol. The van der Waals surface area contributed by atoms with Crippen LogP contribution >= 0.6 is 0 Å². The molecule has 1 aliphatic heterocycles. The number of amides is 1. The van der Waals surface area contributed by atoms with E-state index >= 15 is 0 Å². The van der Waals surface area contributed by atoms with Crippen LogP contribution in [0.1, 0.15) is 35.5 Å². The lowest BCUT2D eigenvalue weighted by Crippen LogP contribution is -2.44. The van der Waals surface area contributed by atoms with Gasteiger partial charge in [-0.25, -0.2) is 9.97 Å². The first kappa shape index (κ1) is 18.9. The van der Waals surface area contributed by atoms with Gasteiger partial charge in [0.05, 0.1) is 18.4 Å². The van der Waals surface area contributed by atoms with E-state index in [1.54, 1.807) is 6.20 Å². The van der Waals surface area contributed by atoms with Gasteiger partial charge in [0, 0.05) is 32.3 Å². The number of carbonyl (C=O) groups excluding carboxylic acids is 1. The lowest BCUT2D eigenvalue weighted by Gasteiger charge is -2.32. The number of rotatable bonds is 5. The zero-order valence-corrected chi connectivity index (χ0v) is 17.1. The first-order chi connectivity index (χ1) is 13.8. The van der Waals surface area contributed by atoms with E-state index in [4.69, 9.17) is 4.42 Å². The minimum absolute atomic E-state index is 0.0580. The van der Waals surface area contributed by atoms with Gasteiger partial charge in [-0.15, -0.1) is 0 Å². The molecule has 0 fully saturated rings. The Bertz CT molecular complexity index is 1070. The molecule has 3 aromatic rings. The lowest BCUT2D eigenvalue weighted by molar-refractivity contribution is -0.117. The quantitative estimate of drug-likeness (QED) is 0.673. The summed E-state index contributed by atoms with van der Waals surface area (Å²) in [4.78, 5) is 27.3. The molecule has 2 N–H and O–H groups in total. The van der Waals surface area contributed by atoms with E-state index < -0.39 is 0 Å². The van der Waals surface area contributed by atoms with Gasteiger partial charge in [0.25, 0.3) is 0 Å². The highest BCUT2D eigenvalue weighted by atomic mass is 16.4. The van der Waals surface area contributed by atoms with E-state index in [0.29, 0.717) is 36.4 Å². The highest BCUT2D eigenvalue weighted by molar-refractivity contribution is 6.03. The van der Waals surface area contributed by atoms with Crippen LogP contribution in [-0.2, 0) is 17.9 Å². The fraction of sp³-hybridized carbons (Fsp3) is 0.421. The smallest absolute Gasteiger partial charge is 0.246 e. The summed E-state index contributed by atoms with van der Waals surface area (Å²) in [6, 6.07) is -0.286. The molecular weight excluding hydrogens is 372 g/mol. The van der Waals surface area contributed by atoms with Gasteiger partial charge in [-0.3, -0.25) is 9.48 Å². The second kappa shape index (κ2) is 7.19. The van der Waals surface area contributed by atoms with Gasteiger partial charge in [-0.2, -0.15) is 10.1 Å². The van der Waals surface area contributed by atoms with Gasteiger partial charge in [0.15, 0.2) is 11.7 Å². The molecule has 0 saturated heterocycles. The van der Waals surface area contributed by atoms with Crippen molar-refractivity contribution in [2.75, 3.05) is 22.6 Å². The second-order valence-electron chi connectivity index (χ2n) is 7.24. The number of aryl methyl sites for hydroxylation is 3. The van der Waals surface area contributed by atoms with Crippen LogP contribution < -0.4 is 15.5 Å². The van der Waals surface area contributed by atoms with Gasteiger partial charge >= 0.3 is 0 Å². The molecule has 0 aromatic carbocycles. The second-order valence-corrected chi connectivity index (χ2v) is 7.24. The maximum absolute atomic E-state index is 12.0. The number of fused-ring (bicyclic) bond motifs is 1. The molecule has 1 atom stereocenters. The minimum atomic E-state index is -0.286. The van der Waals surface area contributed by atoms with E-state index in [9.17, 15) is 4.79 Å². The maximum atomic E-state index is 12.0. The number of hydrogen-bond donors (Lipinski definition) is 2. The molecule has 29 heavy (non-hydrogen) atoms. The molecule has 152 valence electrons. The molecule has 4 rings (SSSR count). The molecule has 0 bridgehead atoms. The molecule has 1 amide bonds. The van der Waals surface area contributed by atoms with E-state index in [-0.39, 0.29) is 11.9 Å². The Kier molecular flexibility index (Phi) is 4.69. The summed E-state index contributed by atoms with van der Waals surface area (Å²) in [5.41, 5.74) is 3.25. The van der Waals surface area contributed by atoms with E-state index in [0.717, 1.165) is 22.7 Å². The maximum Gasteiger partial charge on any atom is 0.246 e. The summed E-state index contributed by atoms with van der Waals surface area (Å²) in [7, 11) is 1.86. The monoisotopic (exact) mass is 396 g/mol. The van der Waals surface area contributed by atoms with Crippen molar-refractivity contribution in [3.8, 4) is 0 Å². The molecule has 3 aromatic heterocycles. The van der Waals surface area contributed by atoms with Crippen LogP contribution in [0, 0.1) is 20.8 Å². The Morgan fingerprint density at radius 2 is 2.03 bits per heavy atom. The molecule has 0 unspecified atom stereocenters. The van der Waals surface area contributed by atoms with Crippen molar-refractivity contribution in [3.05, 3.63) is 41.0 Å². The van der Waals surface area contributed by atoms with Crippen LogP contribution in [0.5, 0.6) is 0 Å². The molecule has 0 radical (unpaired) electrons. The molecule has 10 nitrogen and oxygen atoms in total. The number of oxazole rings is 1. The van der Waals surface area contributed by atoms with Crippen LogP contribution in [0.2, 0.25) is 0 Å². The summed E-state index contributed by atoms with van der Waals surface area (Å²) in [6.45, 7) is 8.52. The number of nitrogens with one attached hydrogen (secondary N) is 2. The fourth-order valence-electron chi connectivity index (χ4n) is 3.26. The van der Waals surface area contributed by atoms with Crippen molar-refractivity contribution >= 4 is 23.4 Å². The number of anilines is 3. The Hall–Kier alpha value is -3.43. The number of nitrogens with zero attached hydrogens (tertiary/aromatic N) is 6. The topological polar surface area (TPSA) is 114 Å². The standard InChI is InChI=1S/C19H24N8O2/c1-10-16-17(26(5)11(2)18(28)24-16)25-19(22-10)20-6-14-7-21-27(8-14)9-15-12(3)29-13(4)23-15/h7-8,11H,6,9H2,1-5H3,(H,24,28)(H,20,22,25)/t11-/m0/s1. The van der Waals surface area contributed by atoms with Crippen molar-refractivity contribution in [2.45, 2.75) is 46.8 Å². The lowest BCUT2D eigenvalue weighted by atomic mass is 10.2. The average Bonchev–Trinajstić information content (AvgIpc) is 3.25. The van der Waals surface area contributed by atoms with Gasteiger partial charge < -0.3 is 20.0 Å². The summed E-state index contributed by atoms with van der Waals surface area (Å²) < 4.78 is 7.29. The van der Waals surface area contributed by atoms with Crippen molar-refractivity contribution < 1.29 is 9.21 Å². The Balaban J connectivity index is 1.46. The van der Waals surface area contributed by atoms with Crippen molar-refractivity contribution in [2.24, 2.45) is 0 Å². The average molecular weight is 396 g/mol. The first-order valence-corrected chi connectivity index (χ1v) is 9.42. The molecule has 1 aliphatic rings. The third-order valence-electron chi connectivity index (χ3n) is 5.06. The molecule has 10 heteroatoms. The van der Waals surface area contributed by atoms with Gasteiger partial charge in [-0.1, -0.05) is 0 Å². The summed E-state index contributed by atoms with van der Waals surface area (Å²) in [6.07, 6.45) is 3.76. The summed E-state index contributed by atoms with van der Waals surface area (Å²) >= 11 is 0. The van der Waals surface area contributed by atoms with Crippen LogP contribution in [0.25, 0.3) is 0 Å². The molecule has 4 heterocycles. The highest BCUT2D eigenvalue weighted by Gasteiger charge is 2.30. The highest BCUT2D eigenvalue weighted by Crippen LogP contribution is 2.32. The van der Waals surface area contributed by atoms with Gasteiger partial charge in [0.2, 0.25) is 11.9 Å². The Morgan fingerprint density at radius 3 is 2.76 bits per heavy atom. The number of likely N-dealkylation sites (N-methyl/N-ethyl adjacent to an activating group) is 1. The largest absolute Gasteiger partial charge is 0.446 e. The zero-order chi connectivity index (χ0) is 20.7. The van der Waals surface area contributed by atoms with Gasteiger partial charge in [-0.05, 0) is 20.8 Å². The normalized spacial score (nSPS) is 16.0. The Morgan fingerprint density at radius 1 is 1.24 bits per heavy atom. The predicted octanol–water partition coefficient (Wildman–Crippen LogP) is 2.02. The number of carbonyl (C=O) groups is 1. The third kappa shape index (κ3) is 3.65. The fourth-order valence-corrected chi connectivity index (χ4v) is 3.26. The number of hydrogen-bond acceptors (Lipinski definition) is 8. The van der Waals surface area contributed by atoms with E-state index in [2.05, 4.69) is 30.7 Å². The summed E-state index contributed by atoms with van der Waals surface area (Å²) in [5.74, 6) is 2.62. The first-order valence-electron chi connectivity index (χ1n) is 9.42. The molecule has 0 spiro atoms. The number of aromatic nitrogens is 5. The van der Waals surface area contributed by atoms with Crippen molar-refractivity contribution in [1.82, 2.24) is 24.7 Å². The molecular formula is C19H24N8O2. The SMILES string of the molecule is Cc1nc(Cn2cc(CNc3nc(C)c4c(n3)N(C)[C@@H](C)C(=O)N4)cn2)c(C)o1. The van der Waals surface area contributed by atoms with Crippen LogP contribution in [0.15, 0.2) is 16.8 Å². The Labute approximate surface area is 168 Å². The third-order valence-corrected chi connectivity index (χ3v) is 5.06. The van der Waals surface area contributed by atoms with Gasteiger partial charge in [0.1, 0.15) is 23.2 Å². The molecule has 0 aliphatic carbocycles.